The lowest BCUT2D eigenvalue weighted by atomic mass is 10.0. The van der Waals surface area contributed by atoms with Gasteiger partial charge in [-0.2, -0.15) is 0 Å². The SMILES string of the molecule is N=Cc1ncc(-c2ccc(F)c(C(F)F)c2)cc1NCC(O)C1CC1. The third-order valence-electron chi connectivity index (χ3n) is 4.29. The fourth-order valence-corrected chi connectivity index (χ4v) is 2.64. The Morgan fingerprint density at radius 1 is 1.28 bits per heavy atom. The lowest BCUT2D eigenvalue weighted by Crippen LogP contribution is -2.22. The Morgan fingerprint density at radius 2 is 2.04 bits per heavy atom. The number of nitrogens with zero attached hydrogens (tertiary/aromatic N) is 1. The highest BCUT2D eigenvalue weighted by Crippen LogP contribution is 2.33. The van der Waals surface area contributed by atoms with E-state index in [4.69, 9.17) is 5.41 Å². The zero-order valence-corrected chi connectivity index (χ0v) is 13.3. The summed E-state index contributed by atoms with van der Waals surface area (Å²) in [6.45, 7) is 0.322. The monoisotopic (exact) mass is 349 g/mol. The molecule has 1 saturated carbocycles. The van der Waals surface area contributed by atoms with Crippen molar-refractivity contribution in [3.05, 3.63) is 47.5 Å². The highest BCUT2D eigenvalue weighted by molar-refractivity contribution is 5.85. The van der Waals surface area contributed by atoms with Crippen LogP contribution in [0.4, 0.5) is 18.9 Å². The summed E-state index contributed by atoms with van der Waals surface area (Å²) >= 11 is 0. The van der Waals surface area contributed by atoms with Crippen LogP contribution in [0.3, 0.4) is 0 Å². The van der Waals surface area contributed by atoms with Crippen molar-refractivity contribution in [1.82, 2.24) is 4.98 Å². The van der Waals surface area contributed by atoms with E-state index in [9.17, 15) is 18.3 Å². The molecule has 1 atom stereocenters. The molecule has 2 aromatic rings. The minimum Gasteiger partial charge on any atom is -0.391 e. The number of benzene rings is 1. The summed E-state index contributed by atoms with van der Waals surface area (Å²) < 4.78 is 39.2. The van der Waals surface area contributed by atoms with E-state index in [2.05, 4.69) is 10.3 Å². The number of hydrogen-bond donors (Lipinski definition) is 3. The second-order valence-electron chi connectivity index (χ2n) is 6.12. The van der Waals surface area contributed by atoms with Gasteiger partial charge in [0.15, 0.2) is 0 Å². The summed E-state index contributed by atoms with van der Waals surface area (Å²) in [6.07, 6.45) is 1.16. The summed E-state index contributed by atoms with van der Waals surface area (Å²) in [7, 11) is 0. The van der Waals surface area contributed by atoms with Crippen LogP contribution in [-0.2, 0) is 0 Å². The van der Waals surface area contributed by atoms with Crippen LogP contribution in [-0.4, -0.2) is 29.0 Å². The summed E-state index contributed by atoms with van der Waals surface area (Å²) in [4.78, 5) is 4.14. The first kappa shape index (κ1) is 17.4. The zero-order chi connectivity index (χ0) is 18.0. The molecule has 1 heterocycles. The highest BCUT2D eigenvalue weighted by Gasteiger charge is 2.29. The molecule has 3 rings (SSSR count). The van der Waals surface area contributed by atoms with Crippen molar-refractivity contribution in [2.45, 2.75) is 25.4 Å². The van der Waals surface area contributed by atoms with Crippen LogP contribution in [0.5, 0.6) is 0 Å². The van der Waals surface area contributed by atoms with Crippen LogP contribution in [0, 0.1) is 17.1 Å². The van der Waals surface area contributed by atoms with E-state index in [0.717, 1.165) is 31.2 Å². The Labute approximate surface area is 143 Å². The highest BCUT2D eigenvalue weighted by atomic mass is 19.3. The van der Waals surface area contributed by atoms with Gasteiger partial charge in [0.1, 0.15) is 11.5 Å². The summed E-state index contributed by atoms with van der Waals surface area (Å²) in [6, 6.07) is 5.18. The van der Waals surface area contributed by atoms with E-state index < -0.39 is 23.9 Å². The molecule has 1 aromatic heterocycles. The van der Waals surface area contributed by atoms with Crippen LogP contribution in [0.15, 0.2) is 30.5 Å². The number of rotatable bonds is 7. The van der Waals surface area contributed by atoms with Crippen LogP contribution in [0.1, 0.15) is 30.5 Å². The second kappa shape index (κ2) is 7.23. The Kier molecular flexibility index (Phi) is 5.03. The molecule has 132 valence electrons. The number of aliphatic hydroxyl groups is 1. The zero-order valence-electron chi connectivity index (χ0n) is 13.3. The van der Waals surface area contributed by atoms with Crippen molar-refractivity contribution in [3.8, 4) is 11.1 Å². The van der Waals surface area contributed by atoms with Gasteiger partial charge < -0.3 is 15.8 Å². The smallest absolute Gasteiger partial charge is 0.266 e. The van der Waals surface area contributed by atoms with Crippen molar-refractivity contribution >= 4 is 11.9 Å². The third-order valence-corrected chi connectivity index (χ3v) is 4.29. The molecular weight excluding hydrogens is 331 g/mol. The molecule has 4 nitrogen and oxygen atoms in total. The molecule has 1 aromatic carbocycles. The van der Waals surface area contributed by atoms with Gasteiger partial charge in [-0.25, -0.2) is 13.2 Å². The Hall–Kier alpha value is -2.41. The Morgan fingerprint density at radius 3 is 2.68 bits per heavy atom. The number of halogens is 3. The molecule has 0 bridgehead atoms. The quantitative estimate of drug-likeness (QED) is 0.662. The molecule has 25 heavy (non-hydrogen) atoms. The van der Waals surface area contributed by atoms with Gasteiger partial charge in [0.2, 0.25) is 0 Å². The van der Waals surface area contributed by atoms with Crippen LogP contribution >= 0.6 is 0 Å². The number of aliphatic hydroxyl groups excluding tert-OH is 1. The fourth-order valence-electron chi connectivity index (χ4n) is 2.64. The summed E-state index contributed by atoms with van der Waals surface area (Å²) in [5.74, 6) is -0.647. The molecule has 1 fully saturated rings. The molecule has 1 aliphatic carbocycles. The largest absolute Gasteiger partial charge is 0.391 e. The molecular formula is C18H18F3N3O. The van der Waals surface area contributed by atoms with Crippen LogP contribution < -0.4 is 5.32 Å². The molecule has 0 radical (unpaired) electrons. The van der Waals surface area contributed by atoms with Crippen molar-refractivity contribution in [1.29, 1.82) is 5.41 Å². The normalized spacial score (nSPS) is 15.2. The van der Waals surface area contributed by atoms with Crippen molar-refractivity contribution in [2.75, 3.05) is 11.9 Å². The van der Waals surface area contributed by atoms with Gasteiger partial charge in [0.25, 0.3) is 6.43 Å². The molecule has 7 heteroatoms. The van der Waals surface area contributed by atoms with Gasteiger partial charge in [-0.15, -0.1) is 0 Å². The maximum Gasteiger partial charge on any atom is 0.266 e. The van der Waals surface area contributed by atoms with Crippen LogP contribution in [0.25, 0.3) is 11.1 Å². The molecule has 0 spiro atoms. The Balaban J connectivity index is 1.87. The van der Waals surface area contributed by atoms with Crippen molar-refractivity contribution in [2.24, 2.45) is 5.92 Å². The molecule has 3 N–H and O–H groups in total. The van der Waals surface area contributed by atoms with Gasteiger partial charge >= 0.3 is 0 Å². The topological polar surface area (TPSA) is 69.0 Å². The maximum absolute atomic E-state index is 13.5. The number of aromatic nitrogens is 1. The van der Waals surface area contributed by atoms with Crippen LogP contribution in [0.2, 0.25) is 0 Å². The van der Waals surface area contributed by atoms with Crippen molar-refractivity contribution < 1.29 is 18.3 Å². The summed E-state index contributed by atoms with van der Waals surface area (Å²) in [5.41, 5.74) is 1.17. The van der Waals surface area contributed by atoms with Gasteiger partial charge in [-0.05, 0) is 42.5 Å². The second-order valence-corrected chi connectivity index (χ2v) is 6.12. The van der Waals surface area contributed by atoms with E-state index in [-0.39, 0.29) is 0 Å². The van der Waals surface area contributed by atoms with E-state index in [0.29, 0.717) is 35.0 Å². The number of anilines is 1. The molecule has 1 aliphatic rings. The lowest BCUT2D eigenvalue weighted by Gasteiger charge is -2.14. The number of hydrogen-bond acceptors (Lipinski definition) is 4. The minimum atomic E-state index is -2.90. The summed E-state index contributed by atoms with van der Waals surface area (Å²) in [5, 5.41) is 20.4. The predicted octanol–water partition coefficient (Wildman–Crippen LogP) is 4.01. The fraction of sp³-hybridized carbons (Fsp3) is 0.333. The molecule has 0 saturated heterocycles. The molecule has 0 aliphatic heterocycles. The molecule has 0 amide bonds. The first-order valence-corrected chi connectivity index (χ1v) is 8.00. The van der Waals surface area contributed by atoms with E-state index in [1.54, 1.807) is 6.07 Å². The average Bonchev–Trinajstić information content (AvgIpc) is 3.44. The Bertz CT molecular complexity index is 778. The van der Waals surface area contributed by atoms with E-state index in [1.165, 1.54) is 12.3 Å². The number of pyridine rings is 1. The van der Waals surface area contributed by atoms with Gasteiger partial charge in [0, 0.05) is 24.5 Å². The predicted molar refractivity (Wildman–Crippen MR) is 89.7 cm³/mol. The van der Waals surface area contributed by atoms with Gasteiger partial charge in [-0.3, -0.25) is 4.98 Å². The first-order valence-electron chi connectivity index (χ1n) is 8.00. The number of nitrogens with one attached hydrogen (secondary N) is 2. The number of alkyl halides is 2. The third kappa shape index (κ3) is 3.99. The molecule has 1 unspecified atom stereocenters. The van der Waals surface area contributed by atoms with E-state index in [1.807, 2.05) is 0 Å². The lowest BCUT2D eigenvalue weighted by molar-refractivity contribution is 0.146. The minimum absolute atomic E-state index is 0.303. The van der Waals surface area contributed by atoms with Crippen molar-refractivity contribution in [3.63, 3.8) is 0 Å². The standard InChI is InChI=1S/C18H18F3N3O/c19-14-4-3-11(5-13(14)18(20)21)12-6-15(16(7-22)23-8-12)24-9-17(25)10-1-2-10/h3-8,10,17-18,22,24-25H,1-2,9H2. The maximum atomic E-state index is 13.5. The van der Waals surface area contributed by atoms with E-state index >= 15 is 0 Å². The van der Waals surface area contributed by atoms with Gasteiger partial charge in [-0.1, -0.05) is 6.07 Å². The first-order chi connectivity index (χ1) is 12.0. The average molecular weight is 349 g/mol. The van der Waals surface area contributed by atoms with Gasteiger partial charge in [0.05, 0.1) is 17.4 Å².